The van der Waals surface area contributed by atoms with Gasteiger partial charge in [0.2, 0.25) is 0 Å². The number of carboxylic acid groups (broad SMARTS) is 1. The van der Waals surface area contributed by atoms with Crippen LogP contribution in [-0.4, -0.2) is 66.3 Å². The van der Waals surface area contributed by atoms with Crippen molar-refractivity contribution in [2.24, 2.45) is 5.92 Å². The van der Waals surface area contributed by atoms with Crippen LogP contribution >= 0.6 is 0 Å². The van der Waals surface area contributed by atoms with Gasteiger partial charge in [-0.15, -0.1) is 0 Å². The molecule has 2 rings (SSSR count). The average molecular weight is 298 g/mol. The fourth-order valence-electron chi connectivity index (χ4n) is 3.51. The number of rotatable bonds is 5. The third-order valence-electron chi connectivity index (χ3n) is 4.51. The van der Waals surface area contributed by atoms with Crippen LogP contribution in [0.5, 0.6) is 0 Å². The van der Waals surface area contributed by atoms with Crippen LogP contribution < -0.4 is 0 Å². The van der Waals surface area contributed by atoms with Crippen LogP contribution in [0, 0.1) is 5.92 Å². The van der Waals surface area contributed by atoms with Gasteiger partial charge in [-0.3, -0.25) is 4.79 Å². The molecule has 21 heavy (non-hydrogen) atoms. The zero-order valence-corrected chi connectivity index (χ0v) is 12.8. The summed E-state index contributed by atoms with van der Waals surface area (Å²) in [5, 5.41) is 9.10. The molecule has 1 unspecified atom stereocenters. The monoisotopic (exact) mass is 298 g/mol. The van der Waals surface area contributed by atoms with Gasteiger partial charge in [0.15, 0.2) is 0 Å². The van der Waals surface area contributed by atoms with E-state index in [2.05, 4.69) is 0 Å². The Morgan fingerprint density at radius 1 is 1.24 bits per heavy atom. The van der Waals surface area contributed by atoms with Crippen molar-refractivity contribution < 1.29 is 19.4 Å². The molecule has 120 valence electrons. The summed E-state index contributed by atoms with van der Waals surface area (Å²) in [6, 6.07) is -0.0125. The summed E-state index contributed by atoms with van der Waals surface area (Å²) >= 11 is 0. The van der Waals surface area contributed by atoms with Crippen molar-refractivity contribution in [2.75, 3.05) is 33.4 Å². The molecule has 0 aromatic heterocycles. The maximum Gasteiger partial charge on any atom is 0.323 e. The van der Waals surface area contributed by atoms with Gasteiger partial charge in [-0.1, -0.05) is 12.8 Å². The molecule has 1 heterocycles. The fraction of sp³-hybridized carbons (Fsp3) is 0.867. The van der Waals surface area contributed by atoms with E-state index in [9.17, 15) is 9.59 Å². The molecule has 2 aliphatic rings. The number of hydrogen-bond donors (Lipinski definition) is 1. The van der Waals surface area contributed by atoms with Crippen molar-refractivity contribution in [1.82, 2.24) is 9.80 Å². The van der Waals surface area contributed by atoms with Gasteiger partial charge >= 0.3 is 12.0 Å². The molecule has 0 bridgehead atoms. The summed E-state index contributed by atoms with van der Waals surface area (Å²) < 4.78 is 5.19. The molecule has 1 N–H and O–H groups in total. The minimum Gasteiger partial charge on any atom is -0.480 e. The predicted octanol–water partition coefficient (Wildman–Crippen LogP) is 1.79. The van der Waals surface area contributed by atoms with E-state index < -0.39 is 5.97 Å². The summed E-state index contributed by atoms with van der Waals surface area (Å²) in [5.74, 6) is -0.566. The highest BCUT2D eigenvalue weighted by atomic mass is 16.5. The number of ether oxygens (including phenoxy) is 1. The largest absolute Gasteiger partial charge is 0.480 e. The first kappa shape index (κ1) is 16.1. The van der Waals surface area contributed by atoms with Gasteiger partial charge in [0.05, 0.1) is 6.61 Å². The molecular formula is C15H26N2O4. The first-order chi connectivity index (χ1) is 10.1. The summed E-state index contributed by atoms with van der Waals surface area (Å²) in [4.78, 5) is 27.2. The van der Waals surface area contributed by atoms with Gasteiger partial charge in [0.1, 0.15) is 6.54 Å². The highest BCUT2D eigenvalue weighted by Gasteiger charge is 2.33. The number of piperidine rings is 1. The standard InChI is InChI=1S/C15H26N2O4/c1-21-11-12-5-4-8-16(9-12)15(20)17(10-14(18)19)13-6-2-3-7-13/h12-13H,2-11H2,1H3,(H,18,19). The molecule has 2 amide bonds. The van der Waals surface area contributed by atoms with Crippen LogP contribution in [0.2, 0.25) is 0 Å². The highest BCUT2D eigenvalue weighted by molar-refractivity contribution is 5.80. The molecule has 1 saturated carbocycles. The number of carbonyl (C=O) groups is 2. The number of amides is 2. The van der Waals surface area contributed by atoms with Crippen LogP contribution in [-0.2, 0) is 9.53 Å². The minimum atomic E-state index is -0.930. The van der Waals surface area contributed by atoms with E-state index in [0.717, 1.165) is 45.1 Å². The first-order valence-electron chi connectivity index (χ1n) is 7.88. The molecule has 6 heteroatoms. The third kappa shape index (κ3) is 4.33. The van der Waals surface area contributed by atoms with Crippen molar-refractivity contribution in [2.45, 2.75) is 44.6 Å². The number of aliphatic carboxylic acids is 1. The van der Waals surface area contributed by atoms with Gasteiger partial charge < -0.3 is 19.6 Å². The quantitative estimate of drug-likeness (QED) is 0.840. The number of carboxylic acids is 1. The van der Waals surface area contributed by atoms with E-state index in [0.29, 0.717) is 19.1 Å². The zero-order chi connectivity index (χ0) is 15.2. The summed E-state index contributed by atoms with van der Waals surface area (Å²) in [7, 11) is 1.68. The van der Waals surface area contributed by atoms with Crippen molar-refractivity contribution in [1.29, 1.82) is 0 Å². The molecule has 1 saturated heterocycles. The average Bonchev–Trinajstić information content (AvgIpc) is 2.98. The number of likely N-dealkylation sites (tertiary alicyclic amines) is 1. The van der Waals surface area contributed by atoms with Crippen LogP contribution in [0.25, 0.3) is 0 Å². The Morgan fingerprint density at radius 2 is 1.95 bits per heavy atom. The predicted molar refractivity (Wildman–Crippen MR) is 78.2 cm³/mol. The molecule has 0 aromatic rings. The lowest BCUT2D eigenvalue weighted by molar-refractivity contribution is -0.138. The van der Waals surface area contributed by atoms with Crippen molar-refractivity contribution in [3.8, 4) is 0 Å². The van der Waals surface area contributed by atoms with E-state index >= 15 is 0 Å². The van der Waals surface area contributed by atoms with Gasteiger partial charge in [-0.2, -0.15) is 0 Å². The third-order valence-corrected chi connectivity index (χ3v) is 4.51. The van der Waals surface area contributed by atoms with Crippen LogP contribution in [0.1, 0.15) is 38.5 Å². The fourth-order valence-corrected chi connectivity index (χ4v) is 3.51. The number of urea groups is 1. The Kier molecular flexibility index (Phi) is 5.85. The lowest BCUT2D eigenvalue weighted by Gasteiger charge is -2.38. The topological polar surface area (TPSA) is 70.1 Å². The van der Waals surface area contributed by atoms with E-state index in [4.69, 9.17) is 9.84 Å². The number of hydrogen-bond acceptors (Lipinski definition) is 3. The van der Waals surface area contributed by atoms with E-state index in [-0.39, 0.29) is 18.6 Å². The second-order valence-corrected chi connectivity index (χ2v) is 6.15. The van der Waals surface area contributed by atoms with Gasteiger partial charge in [0.25, 0.3) is 0 Å². The van der Waals surface area contributed by atoms with Crippen LogP contribution in [0.4, 0.5) is 4.79 Å². The van der Waals surface area contributed by atoms with Gasteiger partial charge in [-0.05, 0) is 25.7 Å². The molecule has 1 aliphatic carbocycles. The Balaban J connectivity index is 2.00. The summed E-state index contributed by atoms with van der Waals surface area (Å²) in [6.07, 6.45) is 6.05. The summed E-state index contributed by atoms with van der Waals surface area (Å²) in [5.41, 5.74) is 0. The second kappa shape index (κ2) is 7.64. The minimum absolute atomic E-state index is 0.0939. The molecular weight excluding hydrogens is 272 g/mol. The van der Waals surface area contributed by atoms with Crippen molar-refractivity contribution >= 4 is 12.0 Å². The molecule has 0 aromatic carbocycles. The second-order valence-electron chi connectivity index (χ2n) is 6.15. The normalized spacial score (nSPS) is 23.3. The maximum absolute atomic E-state index is 12.7. The Morgan fingerprint density at radius 3 is 2.57 bits per heavy atom. The zero-order valence-electron chi connectivity index (χ0n) is 12.8. The Hall–Kier alpha value is -1.30. The SMILES string of the molecule is COCC1CCCN(C(=O)N(CC(=O)O)C2CCCC2)C1. The highest BCUT2D eigenvalue weighted by Crippen LogP contribution is 2.26. The molecule has 6 nitrogen and oxygen atoms in total. The molecule has 1 atom stereocenters. The number of methoxy groups -OCH3 is 1. The maximum atomic E-state index is 12.7. The number of carbonyl (C=O) groups excluding carboxylic acids is 1. The lowest BCUT2D eigenvalue weighted by atomic mass is 9.99. The van der Waals surface area contributed by atoms with Crippen LogP contribution in [0.15, 0.2) is 0 Å². The molecule has 0 spiro atoms. The van der Waals surface area contributed by atoms with Crippen LogP contribution in [0.3, 0.4) is 0 Å². The van der Waals surface area contributed by atoms with Gasteiger partial charge in [-0.25, -0.2) is 4.79 Å². The van der Waals surface area contributed by atoms with Crippen molar-refractivity contribution in [3.05, 3.63) is 0 Å². The number of nitrogens with zero attached hydrogens (tertiary/aromatic N) is 2. The lowest BCUT2D eigenvalue weighted by Crippen LogP contribution is -2.52. The Bertz CT molecular complexity index is 367. The summed E-state index contributed by atoms with van der Waals surface area (Å²) in [6.45, 7) is 1.87. The van der Waals surface area contributed by atoms with E-state index in [1.807, 2.05) is 4.90 Å². The molecule has 1 aliphatic heterocycles. The Labute approximate surface area is 126 Å². The smallest absolute Gasteiger partial charge is 0.323 e. The van der Waals surface area contributed by atoms with E-state index in [1.54, 1.807) is 12.0 Å². The van der Waals surface area contributed by atoms with Gasteiger partial charge in [0, 0.05) is 32.2 Å². The van der Waals surface area contributed by atoms with E-state index in [1.165, 1.54) is 0 Å². The van der Waals surface area contributed by atoms with Crippen molar-refractivity contribution in [3.63, 3.8) is 0 Å². The molecule has 2 fully saturated rings. The first-order valence-corrected chi connectivity index (χ1v) is 7.88. The molecule has 0 radical (unpaired) electrons.